The molecular formula is C20H19N3O4S. The smallest absolute Gasteiger partial charge is 0.264 e. The number of anilines is 1. The predicted molar refractivity (Wildman–Crippen MR) is 107 cm³/mol. The molecule has 0 atom stereocenters. The third kappa shape index (κ3) is 3.38. The average molecular weight is 397 g/mol. The van der Waals surface area contributed by atoms with Crippen molar-refractivity contribution in [1.82, 2.24) is 9.71 Å². The number of fused-ring (bicyclic) bond motifs is 2. The van der Waals surface area contributed by atoms with Gasteiger partial charge in [-0.05, 0) is 42.7 Å². The number of amides is 1. The lowest BCUT2D eigenvalue weighted by Crippen LogP contribution is -2.34. The first-order valence-corrected chi connectivity index (χ1v) is 10.4. The third-order valence-corrected chi connectivity index (χ3v) is 6.26. The van der Waals surface area contributed by atoms with E-state index < -0.39 is 15.9 Å². The first-order valence-electron chi connectivity index (χ1n) is 8.96. The topological polar surface area (TPSA) is 108 Å². The maximum absolute atomic E-state index is 12.8. The van der Waals surface area contributed by atoms with Crippen LogP contribution in [0.3, 0.4) is 0 Å². The van der Waals surface area contributed by atoms with Gasteiger partial charge >= 0.3 is 0 Å². The number of pyridine rings is 1. The number of hydrogen-bond donors (Lipinski definition) is 3. The van der Waals surface area contributed by atoms with Crippen molar-refractivity contribution in [3.05, 3.63) is 70.0 Å². The summed E-state index contributed by atoms with van der Waals surface area (Å²) >= 11 is 0. The Labute approximate surface area is 161 Å². The molecular weight excluding hydrogens is 378 g/mol. The van der Waals surface area contributed by atoms with Crippen molar-refractivity contribution in [2.24, 2.45) is 0 Å². The number of benzene rings is 2. The average Bonchev–Trinajstić information content (AvgIpc) is 2.69. The van der Waals surface area contributed by atoms with Crippen molar-refractivity contribution in [3.8, 4) is 0 Å². The van der Waals surface area contributed by atoms with Gasteiger partial charge in [0, 0.05) is 34.9 Å². The molecule has 4 rings (SSSR count). The van der Waals surface area contributed by atoms with Crippen LogP contribution in [0.25, 0.3) is 10.9 Å². The van der Waals surface area contributed by atoms with E-state index in [0.29, 0.717) is 22.9 Å². The molecule has 0 saturated carbocycles. The minimum Gasteiger partial charge on any atom is -0.385 e. The molecule has 1 aliphatic heterocycles. The van der Waals surface area contributed by atoms with Gasteiger partial charge in [-0.25, -0.2) is 13.1 Å². The van der Waals surface area contributed by atoms with Gasteiger partial charge in [0.05, 0.1) is 11.3 Å². The molecule has 8 heteroatoms. The van der Waals surface area contributed by atoms with E-state index in [2.05, 4.69) is 15.0 Å². The summed E-state index contributed by atoms with van der Waals surface area (Å²) in [6.07, 6.45) is 2.57. The SMILES string of the molecule is O=C(Cc1c[nH]c2ccccc2c1=O)NS(=O)(=O)c1cccc2c1CCCN2. The molecule has 7 nitrogen and oxygen atoms in total. The maximum Gasteiger partial charge on any atom is 0.264 e. The van der Waals surface area contributed by atoms with Crippen molar-refractivity contribution in [2.45, 2.75) is 24.2 Å². The molecule has 0 radical (unpaired) electrons. The van der Waals surface area contributed by atoms with Crippen LogP contribution < -0.4 is 15.5 Å². The zero-order valence-electron chi connectivity index (χ0n) is 15.0. The van der Waals surface area contributed by atoms with Gasteiger partial charge in [-0.2, -0.15) is 0 Å². The molecule has 2 aromatic carbocycles. The van der Waals surface area contributed by atoms with Crippen LogP contribution in [-0.2, 0) is 27.7 Å². The summed E-state index contributed by atoms with van der Waals surface area (Å²) in [6, 6.07) is 11.9. The Hall–Kier alpha value is -3.13. The van der Waals surface area contributed by atoms with Crippen molar-refractivity contribution >= 4 is 32.5 Å². The Balaban J connectivity index is 1.59. The lowest BCUT2D eigenvalue weighted by molar-refractivity contribution is -0.118. The molecule has 144 valence electrons. The van der Waals surface area contributed by atoms with Crippen LogP contribution in [0, 0.1) is 0 Å². The highest BCUT2D eigenvalue weighted by Crippen LogP contribution is 2.28. The fraction of sp³-hybridized carbons (Fsp3) is 0.200. The molecule has 3 N–H and O–H groups in total. The summed E-state index contributed by atoms with van der Waals surface area (Å²) in [5.74, 6) is -0.748. The normalized spacial score (nSPS) is 13.6. The summed E-state index contributed by atoms with van der Waals surface area (Å²) in [5, 5.41) is 3.63. The van der Waals surface area contributed by atoms with Gasteiger partial charge in [-0.1, -0.05) is 18.2 Å². The van der Waals surface area contributed by atoms with Gasteiger partial charge in [0.2, 0.25) is 5.91 Å². The zero-order chi connectivity index (χ0) is 19.7. The predicted octanol–water partition coefficient (Wildman–Crippen LogP) is 1.93. The van der Waals surface area contributed by atoms with Gasteiger partial charge in [0.15, 0.2) is 5.43 Å². The molecule has 1 amide bonds. The van der Waals surface area contributed by atoms with E-state index in [9.17, 15) is 18.0 Å². The quantitative estimate of drug-likeness (QED) is 0.623. The van der Waals surface area contributed by atoms with Crippen LogP contribution in [0.5, 0.6) is 0 Å². The van der Waals surface area contributed by atoms with Gasteiger partial charge in [-0.3, -0.25) is 9.59 Å². The van der Waals surface area contributed by atoms with Crippen LogP contribution in [0.2, 0.25) is 0 Å². The third-order valence-electron chi connectivity index (χ3n) is 4.81. The van der Waals surface area contributed by atoms with Crippen LogP contribution in [-0.4, -0.2) is 25.9 Å². The summed E-state index contributed by atoms with van der Waals surface area (Å²) in [5.41, 5.74) is 2.03. The van der Waals surface area contributed by atoms with Gasteiger partial charge in [0.25, 0.3) is 10.0 Å². The van der Waals surface area contributed by atoms with Gasteiger partial charge < -0.3 is 10.3 Å². The molecule has 0 spiro atoms. The van der Waals surface area contributed by atoms with Gasteiger partial charge in [-0.15, -0.1) is 0 Å². The molecule has 1 aromatic heterocycles. The summed E-state index contributed by atoms with van der Waals surface area (Å²) in [7, 11) is -4.03. The Bertz CT molecular complexity index is 1230. The summed E-state index contributed by atoms with van der Waals surface area (Å²) in [6.45, 7) is 0.785. The Morgan fingerprint density at radius 3 is 2.79 bits per heavy atom. The number of carbonyl (C=O) groups is 1. The lowest BCUT2D eigenvalue weighted by atomic mass is 10.0. The minimum absolute atomic E-state index is 0.0953. The minimum atomic E-state index is -4.03. The molecule has 0 unspecified atom stereocenters. The second-order valence-electron chi connectivity index (χ2n) is 6.71. The van der Waals surface area contributed by atoms with E-state index in [1.54, 1.807) is 30.3 Å². The van der Waals surface area contributed by atoms with E-state index in [0.717, 1.165) is 18.7 Å². The monoisotopic (exact) mass is 397 g/mol. The van der Waals surface area contributed by atoms with Crippen LogP contribution >= 0.6 is 0 Å². The van der Waals surface area contributed by atoms with Crippen LogP contribution in [0.1, 0.15) is 17.5 Å². The lowest BCUT2D eigenvalue weighted by Gasteiger charge is -2.20. The van der Waals surface area contributed by atoms with Gasteiger partial charge in [0.1, 0.15) is 0 Å². The van der Waals surface area contributed by atoms with E-state index in [1.165, 1.54) is 12.3 Å². The van der Waals surface area contributed by atoms with E-state index in [1.807, 2.05) is 6.07 Å². The van der Waals surface area contributed by atoms with E-state index >= 15 is 0 Å². The number of rotatable bonds is 4. The second-order valence-corrected chi connectivity index (χ2v) is 8.36. The highest BCUT2D eigenvalue weighted by molar-refractivity contribution is 7.90. The maximum atomic E-state index is 12.8. The highest BCUT2D eigenvalue weighted by Gasteiger charge is 2.24. The van der Waals surface area contributed by atoms with E-state index in [-0.39, 0.29) is 22.3 Å². The van der Waals surface area contributed by atoms with Crippen molar-refractivity contribution in [2.75, 3.05) is 11.9 Å². The Kier molecular flexibility index (Phi) is 4.64. The molecule has 0 fully saturated rings. The standard InChI is InChI=1S/C20H19N3O4S/c24-19(11-13-12-22-17-7-2-1-5-15(17)20(13)25)23-28(26,27)18-9-3-8-16-14(18)6-4-10-21-16/h1-3,5,7-9,12,21H,4,6,10-11H2,(H,22,25)(H,23,24). The van der Waals surface area contributed by atoms with Crippen LogP contribution in [0.15, 0.2) is 58.4 Å². The number of aromatic nitrogens is 1. The Morgan fingerprint density at radius 2 is 1.93 bits per heavy atom. The molecule has 1 aliphatic rings. The first kappa shape index (κ1) is 18.2. The first-order chi connectivity index (χ1) is 13.5. The highest BCUT2D eigenvalue weighted by atomic mass is 32.2. The number of aromatic amines is 1. The van der Waals surface area contributed by atoms with Crippen LogP contribution in [0.4, 0.5) is 5.69 Å². The number of nitrogens with one attached hydrogen (secondary N) is 3. The summed E-state index contributed by atoms with van der Waals surface area (Å²) in [4.78, 5) is 28.0. The fourth-order valence-corrected chi connectivity index (χ4v) is 4.76. The molecule has 28 heavy (non-hydrogen) atoms. The molecule has 0 bridgehead atoms. The molecule has 0 aliphatic carbocycles. The van der Waals surface area contributed by atoms with E-state index in [4.69, 9.17) is 0 Å². The number of sulfonamides is 1. The number of hydrogen-bond acceptors (Lipinski definition) is 5. The number of para-hydroxylation sites is 1. The number of H-pyrrole nitrogens is 1. The Morgan fingerprint density at radius 1 is 1.11 bits per heavy atom. The van der Waals surface area contributed by atoms with Crippen molar-refractivity contribution < 1.29 is 13.2 Å². The molecule has 2 heterocycles. The molecule has 0 saturated heterocycles. The summed E-state index contributed by atoms with van der Waals surface area (Å²) < 4.78 is 27.6. The van der Waals surface area contributed by atoms with Crippen molar-refractivity contribution in [1.29, 1.82) is 0 Å². The zero-order valence-corrected chi connectivity index (χ0v) is 15.8. The largest absolute Gasteiger partial charge is 0.385 e. The molecule has 3 aromatic rings. The fourth-order valence-electron chi connectivity index (χ4n) is 3.48. The van der Waals surface area contributed by atoms with Crippen molar-refractivity contribution in [3.63, 3.8) is 0 Å². The number of carbonyl (C=O) groups excluding carboxylic acids is 1. The second kappa shape index (κ2) is 7.12.